The molecule has 1 aromatic rings. The number of aromatic nitrogens is 1. The Balaban J connectivity index is 2.33. The van der Waals surface area contributed by atoms with Crippen molar-refractivity contribution >= 4 is 11.8 Å². The molecular weight excluding hydrogens is 154 g/mol. The van der Waals surface area contributed by atoms with Crippen LogP contribution in [0.4, 0.5) is 0 Å². The predicted octanol–water partition coefficient (Wildman–Crippen LogP) is 2.75. The lowest BCUT2D eigenvalue weighted by Gasteiger charge is -1.95. The van der Waals surface area contributed by atoms with Gasteiger partial charge in [0.2, 0.25) is 0 Å². The highest BCUT2D eigenvalue weighted by atomic mass is 32.2. The topological polar surface area (TPSA) is 12.9 Å². The van der Waals surface area contributed by atoms with Crippen LogP contribution in [0, 0.1) is 0 Å². The molecule has 0 aromatic carbocycles. The largest absolute Gasteiger partial charge is 0.250 e. The van der Waals surface area contributed by atoms with E-state index in [9.17, 15) is 0 Å². The van der Waals surface area contributed by atoms with Crippen molar-refractivity contribution < 1.29 is 0 Å². The van der Waals surface area contributed by atoms with Crippen molar-refractivity contribution in [3.8, 4) is 0 Å². The SMILES string of the molecule is C=CCCSc1ccccn1. The van der Waals surface area contributed by atoms with Crippen molar-refractivity contribution in [2.75, 3.05) is 5.75 Å². The highest BCUT2D eigenvalue weighted by molar-refractivity contribution is 7.99. The lowest BCUT2D eigenvalue weighted by atomic mass is 10.5. The minimum Gasteiger partial charge on any atom is -0.250 e. The molecule has 1 rings (SSSR count). The van der Waals surface area contributed by atoms with Crippen molar-refractivity contribution in [2.24, 2.45) is 0 Å². The van der Waals surface area contributed by atoms with Gasteiger partial charge in [0.05, 0.1) is 5.03 Å². The molecule has 11 heavy (non-hydrogen) atoms. The molecule has 0 N–H and O–H groups in total. The van der Waals surface area contributed by atoms with Crippen LogP contribution in [0.3, 0.4) is 0 Å². The van der Waals surface area contributed by atoms with E-state index in [1.54, 1.807) is 11.8 Å². The standard InChI is InChI=1S/C9H11NS/c1-2-3-8-11-9-6-4-5-7-10-9/h2,4-7H,1,3,8H2. The van der Waals surface area contributed by atoms with Crippen molar-refractivity contribution in [2.45, 2.75) is 11.4 Å². The Bertz CT molecular complexity index is 208. The average Bonchev–Trinajstić information content (AvgIpc) is 2.07. The van der Waals surface area contributed by atoms with E-state index in [0.717, 1.165) is 17.2 Å². The lowest BCUT2D eigenvalue weighted by molar-refractivity contribution is 1.12. The lowest BCUT2D eigenvalue weighted by Crippen LogP contribution is -1.79. The fourth-order valence-corrected chi connectivity index (χ4v) is 1.48. The van der Waals surface area contributed by atoms with E-state index in [1.165, 1.54) is 0 Å². The number of thioether (sulfide) groups is 1. The molecule has 0 radical (unpaired) electrons. The van der Waals surface area contributed by atoms with Gasteiger partial charge in [0.1, 0.15) is 0 Å². The summed E-state index contributed by atoms with van der Waals surface area (Å²) in [5.41, 5.74) is 0. The third-order valence-corrected chi connectivity index (χ3v) is 2.19. The molecule has 0 saturated carbocycles. The average molecular weight is 165 g/mol. The smallest absolute Gasteiger partial charge is 0.0959 e. The second-order valence-electron chi connectivity index (χ2n) is 2.09. The number of allylic oxidation sites excluding steroid dienone is 1. The monoisotopic (exact) mass is 165 g/mol. The van der Waals surface area contributed by atoms with Gasteiger partial charge >= 0.3 is 0 Å². The van der Waals surface area contributed by atoms with E-state index in [2.05, 4.69) is 11.6 Å². The maximum absolute atomic E-state index is 4.18. The second kappa shape index (κ2) is 4.97. The van der Waals surface area contributed by atoms with E-state index in [0.29, 0.717) is 0 Å². The predicted molar refractivity (Wildman–Crippen MR) is 49.8 cm³/mol. The summed E-state index contributed by atoms with van der Waals surface area (Å²) in [7, 11) is 0. The summed E-state index contributed by atoms with van der Waals surface area (Å²) in [6.07, 6.45) is 4.79. The van der Waals surface area contributed by atoms with Gasteiger partial charge in [0.15, 0.2) is 0 Å². The molecular formula is C9H11NS. The molecule has 1 aromatic heterocycles. The third-order valence-electron chi connectivity index (χ3n) is 1.21. The molecule has 0 saturated heterocycles. The fourth-order valence-electron chi connectivity index (χ4n) is 0.679. The third kappa shape index (κ3) is 3.23. The number of hydrogen-bond acceptors (Lipinski definition) is 2. The number of nitrogens with zero attached hydrogens (tertiary/aromatic N) is 1. The van der Waals surface area contributed by atoms with Gasteiger partial charge in [-0.15, -0.1) is 18.3 Å². The van der Waals surface area contributed by atoms with E-state index >= 15 is 0 Å². The second-order valence-corrected chi connectivity index (χ2v) is 3.21. The van der Waals surface area contributed by atoms with Gasteiger partial charge in [-0.3, -0.25) is 0 Å². The molecule has 0 aliphatic carbocycles. The van der Waals surface area contributed by atoms with Crippen molar-refractivity contribution in [3.63, 3.8) is 0 Å². The highest BCUT2D eigenvalue weighted by Crippen LogP contribution is 2.14. The fraction of sp³-hybridized carbons (Fsp3) is 0.222. The van der Waals surface area contributed by atoms with Crippen LogP contribution in [0.5, 0.6) is 0 Å². The first-order valence-corrected chi connectivity index (χ1v) is 4.57. The normalized spacial score (nSPS) is 9.45. The Morgan fingerprint density at radius 3 is 3.09 bits per heavy atom. The van der Waals surface area contributed by atoms with Gasteiger partial charge in [0, 0.05) is 11.9 Å². The molecule has 0 aliphatic heterocycles. The first kappa shape index (κ1) is 8.34. The molecule has 1 nitrogen and oxygen atoms in total. The van der Waals surface area contributed by atoms with E-state index < -0.39 is 0 Å². The van der Waals surface area contributed by atoms with Crippen LogP contribution in [0.15, 0.2) is 42.1 Å². The van der Waals surface area contributed by atoms with Crippen LogP contribution >= 0.6 is 11.8 Å². The number of hydrogen-bond donors (Lipinski definition) is 0. The Morgan fingerprint density at radius 2 is 2.45 bits per heavy atom. The minimum atomic E-state index is 1.04. The molecule has 58 valence electrons. The summed E-state index contributed by atoms with van der Waals surface area (Å²) >= 11 is 1.76. The van der Waals surface area contributed by atoms with Crippen LogP contribution in [0.25, 0.3) is 0 Å². The number of pyridine rings is 1. The highest BCUT2D eigenvalue weighted by Gasteiger charge is 1.90. The molecule has 2 heteroatoms. The summed E-state index contributed by atoms with van der Waals surface area (Å²) in [6, 6.07) is 5.95. The zero-order valence-electron chi connectivity index (χ0n) is 6.36. The Labute approximate surface area is 71.5 Å². The van der Waals surface area contributed by atoms with Gasteiger partial charge < -0.3 is 0 Å². The van der Waals surface area contributed by atoms with Gasteiger partial charge in [0.25, 0.3) is 0 Å². The van der Waals surface area contributed by atoms with Gasteiger partial charge in [-0.1, -0.05) is 12.1 Å². The summed E-state index contributed by atoms with van der Waals surface area (Å²) in [5.74, 6) is 1.07. The minimum absolute atomic E-state index is 1.04. The zero-order chi connectivity index (χ0) is 7.94. The molecule has 0 amide bonds. The number of rotatable bonds is 4. The van der Waals surface area contributed by atoms with Gasteiger partial charge in [-0.25, -0.2) is 4.98 Å². The quantitative estimate of drug-likeness (QED) is 0.386. The van der Waals surface area contributed by atoms with E-state index in [4.69, 9.17) is 0 Å². The van der Waals surface area contributed by atoms with Crippen LogP contribution in [0.1, 0.15) is 6.42 Å². The first-order chi connectivity index (χ1) is 5.43. The van der Waals surface area contributed by atoms with Crippen LogP contribution in [-0.4, -0.2) is 10.7 Å². The van der Waals surface area contributed by atoms with Crippen LogP contribution < -0.4 is 0 Å². The zero-order valence-corrected chi connectivity index (χ0v) is 7.18. The van der Waals surface area contributed by atoms with Crippen LogP contribution in [-0.2, 0) is 0 Å². The van der Waals surface area contributed by atoms with Crippen molar-refractivity contribution in [3.05, 3.63) is 37.1 Å². The Hall–Kier alpha value is -0.760. The van der Waals surface area contributed by atoms with Crippen molar-refractivity contribution in [1.29, 1.82) is 0 Å². The summed E-state index contributed by atoms with van der Waals surface area (Å²) in [5, 5.41) is 1.09. The van der Waals surface area contributed by atoms with Crippen LogP contribution in [0.2, 0.25) is 0 Å². The van der Waals surface area contributed by atoms with Gasteiger partial charge in [-0.2, -0.15) is 0 Å². The molecule has 0 aliphatic rings. The van der Waals surface area contributed by atoms with E-state index in [-0.39, 0.29) is 0 Å². The molecule has 0 atom stereocenters. The molecule has 1 heterocycles. The van der Waals surface area contributed by atoms with E-state index in [1.807, 2.05) is 30.5 Å². The maximum Gasteiger partial charge on any atom is 0.0959 e. The van der Waals surface area contributed by atoms with Gasteiger partial charge in [-0.05, 0) is 18.6 Å². The molecule has 0 fully saturated rings. The summed E-state index contributed by atoms with van der Waals surface area (Å²) < 4.78 is 0. The Morgan fingerprint density at radius 1 is 1.55 bits per heavy atom. The summed E-state index contributed by atoms with van der Waals surface area (Å²) in [6.45, 7) is 3.66. The molecule has 0 spiro atoms. The molecule has 0 unspecified atom stereocenters. The Kier molecular flexibility index (Phi) is 3.76. The maximum atomic E-state index is 4.18. The summed E-state index contributed by atoms with van der Waals surface area (Å²) in [4.78, 5) is 4.18. The van der Waals surface area contributed by atoms with Crippen molar-refractivity contribution in [1.82, 2.24) is 4.98 Å². The molecule has 0 bridgehead atoms. The first-order valence-electron chi connectivity index (χ1n) is 3.58.